The second-order valence-corrected chi connectivity index (χ2v) is 10.7. The van der Waals surface area contributed by atoms with Crippen LogP contribution in [0.1, 0.15) is 44.4 Å². The lowest BCUT2D eigenvalue weighted by atomic mass is 9.98. The Morgan fingerprint density at radius 3 is 2.77 bits per heavy atom. The number of fused-ring (bicyclic) bond motifs is 1. The third-order valence-electron chi connectivity index (χ3n) is 6.57. The topological polar surface area (TPSA) is 155 Å². The number of rotatable bonds is 8. The van der Waals surface area contributed by atoms with Crippen LogP contribution in [0, 0.1) is 5.41 Å². The normalized spacial score (nSPS) is 16.4. The maximum absolute atomic E-state index is 12.0. The summed E-state index contributed by atoms with van der Waals surface area (Å²) in [6, 6.07) is 6.20. The van der Waals surface area contributed by atoms with Gasteiger partial charge in [0.15, 0.2) is 18.2 Å². The second-order valence-electron chi connectivity index (χ2n) is 10.7. The Bertz CT molecular complexity index is 1490. The third-order valence-corrected chi connectivity index (χ3v) is 6.57. The molecule has 14 nitrogen and oxygen atoms in total. The van der Waals surface area contributed by atoms with Gasteiger partial charge in [0.05, 0.1) is 22.9 Å². The molecule has 6 rings (SSSR count). The standard InChI is InChI=1S/C26H29N9O5/c1-26(2,3)23(36)37-14-35-13-19(30-33-35)17-6-7-34(12-17)25-32-31-22(40-25)18-10-28-24(29-11-18)27-9-16-4-5-20-21(8-16)39-15-38-20/h4-5,8,10-11,13,17H,6-7,9,12,14-15H2,1-3H3,(H,27,28,29). The van der Waals surface area contributed by atoms with Crippen molar-refractivity contribution in [3.05, 3.63) is 48.0 Å². The van der Waals surface area contributed by atoms with E-state index in [-0.39, 0.29) is 25.4 Å². The summed E-state index contributed by atoms with van der Waals surface area (Å²) < 4.78 is 23.5. The van der Waals surface area contributed by atoms with Crippen LogP contribution in [0.4, 0.5) is 12.0 Å². The van der Waals surface area contributed by atoms with Gasteiger partial charge in [-0.2, -0.15) is 0 Å². The smallest absolute Gasteiger partial charge is 0.318 e. The van der Waals surface area contributed by atoms with Crippen molar-refractivity contribution in [1.29, 1.82) is 0 Å². The fourth-order valence-corrected chi connectivity index (χ4v) is 4.30. The number of hydrogen-bond acceptors (Lipinski definition) is 13. The summed E-state index contributed by atoms with van der Waals surface area (Å²) in [4.78, 5) is 22.8. The SMILES string of the molecule is CC(C)(C)C(=O)OCn1cc(C2CCN(c3nnc(-c4cnc(NCc5ccc6c(c5)OCO6)nc4)o3)C2)nn1. The molecule has 208 valence electrons. The zero-order valence-electron chi connectivity index (χ0n) is 22.4. The molecule has 14 heteroatoms. The number of carbonyl (C=O) groups excluding carboxylic acids is 1. The maximum Gasteiger partial charge on any atom is 0.318 e. The van der Waals surface area contributed by atoms with Gasteiger partial charge in [-0.05, 0) is 44.9 Å². The van der Waals surface area contributed by atoms with Crippen molar-refractivity contribution in [2.75, 3.05) is 30.1 Å². The summed E-state index contributed by atoms with van der Waals surface area (Å²) in [5.74, 6) is 2.15. The van der Waals surface area contributed by atoms with Gasteiger partial charge in [-0.25, -0.2) is 14.6 Å². The molecule has 0 aliphatic carbocycles. The van der Waals surface area contributed by atoms with E-state index in [2.05, 4.69) is 35.8 Å². The number of anilines is 2. The van der Waals surface area contributed by atoms with Gasteiger partial charge in [0.1, 0.15) is 0 Å². The Hall–Kier alpha value is -4.75. The number of hydrogen-bond donors (Lipinski definition) is 1. The molecule has 4 aromatic rings. The van der Waals surface area contributed by atoms with Crippen LogP contribution >= 0.6 is 0 Å². The highest BCUT2D eigenvalue weighted by Gasteiger charge is 2.30. The number of nitrogens with zero attached hydrogens (tertiary/aromatic N) is 8. The summed E-state index contributed by atoms with van der Waals surface area (Å²) in [6.07, 6.45) is 5.95. The van der Waals surface area contributed by atoms with Crippen LogP contribution in [-0.4, -0.2) is 61.0 Å². The molecule has 0 saturated carbocycles. The number of nitrogens with one attached hydrogen (secondary N) is 1. The fraction of sp³-hybridized carbons (Fsp3) is 0.423. The van der Waals surface area contributed by atoms with Crippen molar-refractivity contribution in [2.24, 2.45) is 5.41 Å². The maximum atomic E-state index is 12.0. The van der Waals surface area contributed by atoms with Crippen LogP contribution in [0.3, 0.4) is 0 Å². The molecule has 0 bridgehead atoms. The van der Waals surface area contributed by atoms with E-state index in [1.54, 1.807) is 12.4 Å². The summed E-state index contributed by atoms with van der Waals surface area (Å²) in [6.45, 7) is 7.62. The number of aromatic nitrogens is 7. The van der Waals surface area contributed by atoms with Crippen LogP contribution in [0.25, 0.3) is 11.5 Å². The van der Waals surface area contributed by atoms with Gasteiger partial charge >= 0.3 is 12.0 Å². The van der Waals surface area contributed by atoms with E-state index in [1.807, 2.05) is 50.1 Å². The summed E-state index contributed by atoms with van der Waals surface area (Å²) >= 11 is 0. The summed E-state index contributed by atoms with van der Waals surface area (Å²) in [5.41, 5.74) is 1.90. The molecule has 3 aromatic heterocycles. The van der Waals surface area contributed by atoms with Gasteiger partial charge in [0.25, 0.3) is 5.89 Å². The van der Waals surface area contributed by atoms with Gasteiger partial charge < -0.3 is 28.8 Å². The molecule has 1 fully saturated rings. The molecule has 5 heterocycles. The van der Waals surface area contributed by atoms with Crippen LogP contribution in [0.2, 0.25) is 0 Å². The third kappa shape index (κ3) is 5.51. The first kappa shape index (κ1) is 25.5. The molecule has 0 spiro atoms. The van der Waals surface area contributed by atoms with Crippen LogP contribution in [0.5, 0.6) is 11.5 Å². The van der Waals surface area contributed by atoms with Crippen molar-refractivity contribution < 1.29 is 23.4 Å². The van der Waals surface area contributed by atoms with Gasteiger partial charge in [-0.3, -0.25) is 4.79 Å². The molecule has 1 saturated heterocycles. The summed E-state index contributed by atoms with van der Waals surface area (Å²) in [7, 11) is 0. The van der Waals surface area contributed by atoms with Crippen molar-refractivity contribution in [1.82, 2.24) is 35.2 Å². The minimum absolute atomic E-state index is 0.0291. The number of carbonyl (C=O) groups is 1. The van der Waals surface area contributed by atoms with Gasteiger partial charge in [-0.15, -0.1) is 10.2 Å². The Balaban J connectivity index is 1.02. The zero-order valence-corrected chi connectivity index (χ0v) is 22.4. The van der Waals surface area contributed by atoms with Crippen LogP contribution in [0.15, 0.2) is 41.2 Å². The van der Waals surface area contributed by atoms with Crippen molar-refractivity contribution >= 4 is 17.9 Å². The van der Waals surface area contributed by atoms with E-state index in [9.17, 15) is 4.79 Å². The van der Waals surface area contributed by atoms with E-state index in [1.165, 1.54) is 4.68 Å². The first-order valence-electron chi connectivity index (χ1n) is 12.9. The average molecular weight is 548 g/mol. The van der Waals surface area contributed by atoms with Crippen LogP contribution in [-0.2, 0) is 22.8 Å². The second kappa shape index (κ2) is 10.4. The molecule has 0 radical (unpaired) electrons. The highest BCUT2D eigenvalue weighted by atomic mass is 16.7. The van der Waals surface area contributed by atoms with E-state index in [0.717, 1.165) is 35.7 Å². The lowest BCUT2D eigenvalue weighted by Gasteiger charge is -2.16. The van der Waals surface area contributed by atoms with E-state index >= 15 is 0 Å². The molecule has 2 aliphatic heterocycles. The quantitative estimate of drug-likeness (QED) is 0.322. The molecule has 1 atom stereocenters. The van der Waals surface area contributed by atoms with Gasteiger partial charge in [-0.1, -0.05) is 16.4 Å². The Kier molecular flexibility index (Phi) is 6.66. The van der Waals surface area contributed by atoms with Gasteiger partial charge in [0, 0.05) is 37.9 Å². The van der Waals surface area contributed by atoms with Crippen molar-refractivity contribution in [3.63, 3.8) is 0 Å². The minimum Gasteiger partial charge on any atom is -0.454 e. The first-order chi connectivity index (χ1) is 19.3. The lowest BCUT2D eigenvalue weighted by Crippen LogP contribution is -2.24. The molecule has 2 aliphatic rings. The highest BCUT2D eigenvalue weighted by Crippen LogP contribution is 2.33. The number of benzene rings is 1. The Morgan fingerprint density at radius 2 is 1.95 bits per heavy atom. The van der Waals surface area contributed by atoms with Crippen LogP contribution < -0.4 is 19.7 Å². The van der Waals surface area contributed by atoms with E-state index in [4.69, 9.17) is 18.6 Å². The lowest BCUT2D eigenvalue weighted by molar-refractivity contribution is -0.157. The molecule has 1 N–H and O–H groups in total. The number of esters is 1. The number of ether oxygens (including phenoxy) is 3. The zero-order chi connectivity index (χ0) is 27.7. The van der Waals surface area contributed by atoms with E-state index < -0.39 is 5.41 Å². The largest absolute Gasteiger partial charge is 0.454 e. The highest BCUT2D eigenvalue weighted by molar-refractivity contribution is 5.75. The minimum atomic E-state index is -0.571. The molecular formula is C26H29N9O5. The van der Waals surface area contributed by atoms with E-state index in [0.29, 0.717) is 36.5 Å². The summed E-state index contributed by atoms with van der Waals surface area (Å²) in [5, 5.41) is 20.0. The van der Waals surface area contributed by atoms with Gasteiger partial charge in [0.2, 0.25) is 12.7 Å². The Labute approximate surface area is 229 Å². The fourth-order valence-electron chi connectivity index (χ4n) is 4.30. The average Bonchev–Trinajstić information content (AvgIpc) is 3.76. The van der Waals surface area contributed by atoms with Crippen molar-refractivity contribution in [2.45, 2.75) is 46.4 Å². The first-order valence-corrected chi connectivity index (χ1v) is 12.9. The monoisotopic (exact) mass is 547 g/mol. The predicted octanol–water partition coefficient (Wildman–Crippen LogP) is 3.00. The Morgan fingerprint density at radius 1 is 1.12 bits per heavy atom. The molecule has 0 amide bonds. The molecule has 40 heavy (non-hydrogen) atoms. The van der Waals surface area contributed by atoms with Crippen molar-refractivity contribution in [3.8, 4) is 23.0 Å². The predicted molar refractivity (Wildman–Crippen MR) is 140 cm³/mol. The molecule has 1 unspecified atom stereocenters. The molecular weight excluding hydrogens is 518 g/mol. The molecule has 1 aromatic carbocycles.